The average molecular weight is 416 g/mol. The summed E-state index contributed by atoms with van der Waals surface area (Å²) in [4.78, 5) is 12.5. The number of hydrogen-bond donors (Lipinski definition) is 3. The van der Waals surface area contributed by atoms with E-state index >= 15 is 0 Å². The van der Waals surface area contributed by atoms with Crippen molar-refractivity contribution in [2.75, 3.05) is 19.8 Å². The standard InChI is InChI=1S/C24H33NO5/c1-18(26)15-30-19(2)16-29-17-22(14-21-8-11-23(27)12-9-21)25-24(28)13-10-20-6-4-3-5-7-20/h3-9,11-12,18-19,22,26-27H,10,13-17H2,1-2H3,(H,25,28)/t18-,19?,22-/m0/s1. The summed E-state index contributed by atoms with van der Waals surface area (Å²) in [5, 5.41) is 21.8. The molecule has 2 rings (SSSR count). The number of aryl methyl sites for hydroxylation is 1. The third kappa shape index (κ3) is 9.87. The van der Waals surface area contributed by atoms with Crippen molar-refractivity contribution in [3.05, 3.63) is 65.7 Å². The summed E-state index contributed by atoms with van der Waals surface area (Å²) in [6.07, 6.45) is 1.02. The van der Waals surface area contributed by atoms with Gasteiger partial charge in [0.1, 0.15) is 5.75 Å². The molecule has 0 radical (unpaired) electrons. The maximum Gasteiger partial charge on any atom is 0.220 e. The number of aliphatic hydroxyl groups excluding tert-OH is 1. The fourth-order valence-corrected chi connectivity index (χ4v) is 3.00. The molecule has 164 valence electrons. The van der Waals surface area contributed by atoms with E-state index in [0.717, 1.165) is 11.1 Å². The van der Waals surface area contributed by atoms with Gasteiger partial charge in [0.05, 0.1) is 38.1 Å². The minimum atomic E-state index is -0.515. The van der Waals surface area contributed by atoms with E-state index < -0.39 is 6.10 Å². The number of phenolic OH excluding ortho intramolecular Hbond substituents is 1. The number of carbonyl (C=O) groups is 1. The molecular formula is C24H33NO5. The first-order valence-corrected chi connectivity index (χ1v) is 10.4. The van der Waals surface area contributed by atoms with E-state index in [-0.39, 0.29) is 30.4 Å². The van der Waals surface area contributed by atoms with Crippen LogP contribution >= 0.6 is 0 Å². The molecule has 0 saturated heterocycles. The minimum Gasteiger partial charge on any atom is -0.508 e. The zero-order chi connectivity index (χ0) is 21.8. The third-order valence-electron chi connectivity index (χ3n) is 4.56. The van der Waals surface area contributed by atoms with Crippen LogP contribution in [0.4, 0.5) is 0 Å². The summed E-state index contributed by atoms with van der Waals surface area (Å²) in [7, 11) is 0. The highest BCUT2D eigenvalue weighted by Crippen LogP contribution is 2.12. The molecule has 2 aromatic rings. The van der Waals surface area contributed by atoms with Crippen molar-refractivity contribution in [2.45, 2.75) is 51.4 Å². The second kappa shape index (κ2) is 13.0. The lowest BCUT2D eigenvalue weighted by molar-refractivity contribution is -0.122. The summed E-state index contributed by atoms with van der Waals surface area (Å²) in [5.41, 5.74) is 2.13. The predicted octanol–water partition coefficient (Wildman–Crippen LogP) is 2.85. The van der Waals surface area contributed by atoms with Gasteiger partial charge in [0.2, 0.25) is 5.91 Å². The van der Waals surface area contributed by atoms with Crippen LogP contribution in [-0.2, 0) is 27.1 Å². The molecule has 30 heavy (non-hydrogen) atoms. The first-order valence-electron chi connectivity index (χ1n) is 10.4. The van der Waals surface area contributed by atoms with Crippen molar-refractivity contribution < 1.29 is 24.5 Å². The molecule has 0 aliphatic rings. The molecule has 0 aromatic heterocycles. The van der Waals surface area contributed by atoms with Gasteiger partial charge in [0.25, 0.3) is 0 Å². The van der Waals surface area contributed by atoms with E-state index in [1.54, 1.807) is 19.1 Å². The second-order valence-corrected chi connectivity index (χ2v) is 7.65. The largest absolute Gasteiger partial charge is 0.508 e. The minimum absolute atomic E-state index is 0.0235. The van der Waals surface area contributed by atoms with E-state index in [2.05, 4.69) is 5.32 Å². The fourth-order valence-electron chi connectivity index (χ4n) is 3.00. The van der Waals surface area contributed by atoms with Gasteiger partial charge in [-0.15, -0.1) is 0 Å². The Hall–Kier alpha value is -2.41. The lowest BCUT2D eigenvalue weighted by atomic mass is 10.1. The summed E-state index contributed by atoms with van der Waals surface area (Å²) in [6.45, 7) is 4.54. The van der Waals surface area contributed by atoms with Crippen LogP contribution in [0.2, 0.25) is 0 Å². The van der Waals surface area contributed by atoms with Gasteiger partial charge in [-0.25, -0.2) is 0 Å². The Kier molecular flexibility index (Phi) is 10.3. The predicted molar refractivity (Wildman–Crippen MR) is 116 cm³/mol. The lowest BCUT2D eigenvalue weighted by Gasteiger charge is -2.21. The Morgan fingerprint density at radius 3 is 2.33 bits per heavy atom. The quantitative estimate of drug-likeness (QED) is 0.468. The molecule has 1 unspecified atom stereocenters. The molecule has 0 aliphatic carbocycles. The van der Waals surface area contributed by atoms with E-state index in [9.17, 15) is 15.0 Å². The van der Waals surface area contributed by atoms with E-state index in [0.29, 0.717) is 32.5 Å². The Morgan fingerprint density at radius 2 is 1.67 bits per heavy atom. The van der Waals surface area contributed by atoms with Crippen LogP contribution in [0.15, 0.2) is 54.6 Å². The second-order valence-electron chi connectivity index (χ2n) is 7.65. The highest BCUT2D eigenvalue weighted by atomic mass is 16.5. The summed E-state index contributed by atoms with van der Waals surface area (Å²) in [5.74, 6) is 0.187. The molecule has 2 aromatic carbocycles. The number of nitrogens with one attached hydrogen (secondary N) is 1. The Morgan fingerprint density at radius 1 is 0.967 bits per heavy atom. The Balaban J connectivity index is 1.86. The summed E-state index contributed by atoms with van der Waals surface area (Å²) >= 11 is 0. The van der Waals surface area contributed by atoms with Crippen LogP contribution in [0, 0.1) is 0 Å². The van der Waals surface area contributed by atoms with Crippen LogP contribution in [-0.4, -0.2) is 54.2 Å². The molecule has 6 nitrogen and oxygen atoms in total. The molecule has 0 spiro atoms. The van der Waals surface area contributed by atoms with Gasteiger partial charge in [-0.1, -0.05) is 42.5 Å². The molecule has 0 aliphatic heterocycles. The van der Waals surface area contributed by atoms with Crippen LogP contribution < -0.4 is 5.32 Å². The zero-order valence-electron chi connectivity index (χ0n) is 17.8. The van der Waals surface area contributed by atoms with Crippen LogP contribution in [0.3, 0.4) is 0 Å². The molecule has 0 bridgehead atoms. The zero-order valence-corrected chi connectivity index (χ0v) is 17.8. The van der Waals surface area contributed by atoms with Crippen molar-refractivity contribution >= 4 is 5.91 Å². The topological polar surface area (TPSA) is 88.0 Å². The molecule has 6 heteroatoms. The monoisotopic (exact) mass is 415 g/mol. The number of carbonyl (C=O) groups excluding carboxylic acids is 1. The highest BCUT2D eigenvalue weighted by Gasteiger charge is 2.15. The normalized spacial score (nSPS) is 14.1. The highest BCUT2D eigenvalue weighted by molar-refractivity contribution is 5.76. The van der Waals surface area contributed by atoms with Crippen LogP contribution in [0.1, 0.15) is 31.4 Å². The van der Waals surface area contributed by atoms with Crippen LogP contribution in [0.25, 0.3) is 0 Å². The van der Waals surface area contributed by atoms with Gasteiger partial charge in [-0.3, -0.25) is 4.79 Å². The van der Waals surface area contributed by atoms with Crippen molar-refractivity contribution in [3.8, 4) is 5.75 Å². The average Bonchev–Trinajstić information content (AvgIpc) is 2.73. The molecule has 0 fully saturated rings. The first-order chi connectivity index (χ1) is 14.4. The lowest BCUT2D eigenvalue weighted by Crippen LogP contribution is -2.40. The number of amides is 1. The maximum absolute atomic E-state index is 12.5. The van der Waals surface area contributed by atoms with E-state index in [4.69, 9.17) is 9.47 Å². The molecule has 0 saturated carbocycles. The van der Waals surface area contributed by atoms with Crippen molar-refractivity contribution in [3.63, 3.8) is 0 Å². The fraction of sp³-hybridized carbons (Fsp3) is 0.458. The number of hydrogen-bond acceptors (Lipinski definition) is 5. The van der Waals surface area contributed by atoms with E-state index in [1.807, 2.05) is 49.4 Å². The number of phenols is 1. The number of aliphatic hydroxyl groups is 1. The van der Waals surface area contributed by atoms with Gasteiger partial charge in [0.15, 0.2) is 0 Å². The van der Waals surface area contributed by atoms with Gasteiger partial charge >= 0.3 is 0 Å². The van der Waals surface area contributed by atoms with Gasteiger partial charge in [0, 0.05) is 6.42 Å². The number of aromatic hydroxyl groups is 1. The van der Waals surface area contributed by atoms with Crippen molar-refractivity contribution in [1.82, 2.24) is 5.32 Å². The van der Waals surface area contributed by atoms with Crippen LogP contribution in [0.5, 0.6) is 5.75 Å². The van der Waals surface area contributed by atoms with Gasteiger partial charge < -0.3 is 25.0 Å². The number of benzene rings is 2. The van der Waals surface area contributed by atoms with Gasteiger partial charge in [-0.05, 0) is 49.9 Å². The van der Waals surface area contributed by atoms with Crippen molar-refractivity contribution in [2.24, 2.45) is 0 Å². The molecule has 1 amide bonds. The molecule has 3 atom stereocenters. The molecule has 3 N–H and O–H groups in total. The number of rotatable bonds is 13. The number of ether oxygens (including phenoxy) is 2. The smallest absolute Gasteiger partial charge is 0.220 e. The summed E-state index contributed by atoms with van der Waals surface area (Å²) in [6, 6.07) is 16.7. The Bertz CT molecular complexity index is 733. The Labute approximate surface area is 178 Å². The van der Waals surface area contributed by atoms with E-state index in [1.165, 1.54) is 0 Å². The molecular weight excluding hydrogens is 382 g/mol. The first kappa shape index (κ1) is 23.9. The third-order valence-corrected chi connectivity index (χ3v) is 4.56. The van der Waals surface area contributed by atoms with Gasteiger partial charge in [-0.2, -0.15) is 0 Å². The summed E-state index contributed by atoms with van der Waals surface area (Å²) < 4.78 is 11.3. The SMILES string of the molecule is CC(COC[C@H](Cc1ccc(O)cc1)NC(=O)CCc1ccccc1)OC[C@H](C)O. The molecule has 0 heterocycles. The maximum atomic E-state index is 12.5. The van der Waals surface area contributed by atoms with Crippen molar-refractivity contribution in [1.29, 1.82) is 0 Å².